The SMILES string of the molecule is CC(C)C#Cc1ccc([C@@H]2[C@H](C#N)N(C(=O)c3ccccn3)[C@H]2CO)cc1. The number of amides is 1. The second-order valence-electron chi connectivity index (χ2n) is 6.82. The molecule has 1 N–H and O–H groups in total. The number of aliphatic hydroxyl groups is 1. The Morgan fingerprint density at radius 3 is 2.56 bits per heavy atom. The van der Waals surface area contributed by atoms with Crippen LogP contribution in [0.25, 0.3) is 0 Å². The Morgan fingerprint density at radius 2 is 2.00 bits per heavy atom. The second kappa shape index (κ2) is 8.03. The molecule has 136 valence electrons. The second-order valence-corrected chi connectivity index (χ2v) is 6.82. The monoisotopic (exact) mass is 359 g/mol. The van der Waals surface area contributed by atoms with E-state index in [0.717, 1.165) is 11.1 Å². The van der Waals surface area contributed by atoms with Crippen molar-refractivity contribution in [1.82, 2.24) is 9.88 Å². The molecule has 1 aromatic heterocycles. The van der Waals surface area contributed by atoms with Crippen LogP contribution in [-0.2, 0) is 0 Å². The number of hydrogen-bond acceptors (Lipinski definition) is 4. The Labute approximate surface area is 159 Å². The van der Waals surface area contributed by atoms with Gasteiger partial charge in [-0.1, -0.05) is 43.9 Å². The van der Waals surface area contributed by atoms with Gasteiger partial charge in [-0.05, 0) is 29.8 Å². The van der Waals surface area contributed by atoms with Crippen LogP contribution in [0.1, 0.15) is 41.4 Å². The molecular weight excluding hydrogens is 338 g/mol. The van der Waals surface area contributed by atoms with E-state index < -0.39 is 12.1 Å². The van der Waals surface area contributed by atoms with Crippen LogP contribution < -0.4 is 0 Å². The minimum absolute atomic E-state index is 0.212. The van der Waals surface area contributed by atoms with Crippen LogP contribution in [-0.4, -0.2) is 39.6 Å². The third-order valence-corrected chi connectivity index (χ3v) is 4.65. The van der Waals surface area contributed by atoms with E-state index in [1.54, 1.807) is 18.2 Å². The maximum absolute atomic E-state index is 12.7. The highest BCUT2D eigenvalue weighted by molar-refractivity contribution is 5.94. The van der Waals surface area contributed by atoms with Crippen molar-refractivity contribution in [2.24, 2.45) is 5.92 Å². The summed E-state index contributed by atoms with van der Waals surface area (Å²) in [6.07, 6.45) is 1.54. The zero-order valence-corrected chi connectivity index (χ0v) is 15.3. The van der Waals surface area contributed by atoms with Crippen molar-refractivity contribution in [2.75, 3.05) is 6.61 Å². The molecule has 2 heterocycles. The average Bonchev–Trinajstić information content (AvgIpc) is 2.67. The van der Waals surface area contributed by atoms with Crippen molar-refractivity contribution in [3.8, 4) is 17.9 Å². The minimum atomic E-state index is -0.635. The maximum Gasteiger partial charge on any atom is 0.273 e. The molecule has 1 aliphatic heterocycles. The fraction of sp³-hybridized carbons (Fsp3) is 0.318. The Hall–Kier alpha value is -3.15. The standard InChI is InChI=1S/C22H21N3O2/c1-15(2)6-7-16-8-10-17(11-9-16)21-19(13-23)25(20(21)14-26)22(27)18-5-3-4-12-24-18/h3-5,8-12,15,19-21,26H,14H2,1-2H3/t19-,20-,21+/m0/s1. The first-order valence-corrected chi connectivity index (χ1v) is 8.92. The predicted molar refractivity (Wildman–Crippen MR) is 102 cm³/mol. The van der Waals surface area contributed by atoms with Gasteiger partial charge in [-0.3, -0.25) is 9.78 Å². The first-order valence-electron chi connectivity index (χ1n) is 8.92. The summed E-state index contributed by atoms with van der Waals surface area (Å²) in [6, 6.07) is 13.9. The quantitative estimate of drug-likeness (QED) is 0.855. The number of likely N-dealkylation sites (tertiary alicyclic amines) is 1. The predicted octanol–water partition coefficient (Wildman–Crippen LogP) is 2.58. The molecule has 0 unspecified atom stereocenters. The number of nitriles is 1. The highest BCUT2D eigenvalue weighted by Crippen LogP contribution is 2.41. The molecule has 0 aliphatic carbocycles. The van der Waals surface area contributed by atoms with Crippen molar-refractivity contribution in [1.29, 1.82) is 5.26 Å². The van der Waals surface area contributed by atoms with Gasteiger partial charge < -0.3 is 10.0 Å². The van der Waals surface area contributed by atoms with Gasteiger partial charge >= 0.3 is 0 Å². The van der Waals surface area contributed by atoms with Crippen LogP contribution in [0.2, 0.25) is 0 Å². The van der Waals surface area contributed by atoms with E-state index >= 15 is 0 Å². The van der Waals surface area contributed by atoms with Gasteiger partial charge in [-0.15, -0.1) is 0 Å². The molecule has 0 saturated carbocycles. The number of rotatable bonds is 3. The van der Waals surface area contributed by atoms with Crippen molar-refractivity contribution < 1.29 is 9.90 Å². The number of hydrogen-bond donors (Lipinski definition) is 1. The van der Waals surface area contributed by atoms with Crippen molar-refractivity contribution in [3.05, 3.63) is 65.5 Å². The van der Waals surface area contributed by atoms with E-state index in [0.29, 0.717) is 5.92 Å². The van der Waals surface area contributed by atoms with E-state index in [2.05, 4.69) is 22.9 Å². The number of carbonyl (C=O) groups is 1. The summed E-state index contributed by atoms with van der Waals surface area (Å²) in [7, 11) is 0. The van der Waals surface area contributed by atoms with Crippen LogP contribution in [0, 0.1) is 29.1 Å². The van der Waals surface area contributed by atoms with Crippen molar-refractivity contribution in [2.45, 2.75) is 31.8 Å². The molecule has 1 aromatic carbocycles. The molecule has 1 fully saturated rings. The van der Waals surface area contributed by atoms with Crippen LogP contribution >= 0.6 is 0 Å². The summed E-state index contributed by atoms with van der Waals surface area (Å²) >= 11 is 0. The first kappa shape index (κ1) is 18.6. The Balaban J connectivity index is 1.84. The van der Waals surface area contributed by atoms with Gasteiger partial charge in [0.2, 0.25) is 0 Å². The molecule has 0 spiro atoms. The normalized spacial score (nSPS) is 21.0. The van der Waals surface area contributed by atoms with Gasteiger partial charge in [-0.25, -0.2) is 0 Å². The zero-order chi connectivity index (χ0) is 19.4. The number of pyridine rings is 1. The van der Waals surface area contributed by atoms with Gasteiger partial charge in [0, 0.05) is 23.6 Å². The molecule has 1 aliphatic rings. The first-order chi connectivity index (χ1) is 13.1. The number of aromatic nitrogens is 1. The summed E-state index contributed by atoms with van der Waals surface area (Å²) < 4.78 is 0. The highest BCUT2D eigenvalue weighted by atomic mass is 16.3. The van der Waals surface area contributed by atoms with Crippen LogP contribution in [0.15, 0.2) is 48.7 Å². The van der Waals surface area contributed by atoms with E-state index in [1.807, 2.05) is 38.1 Å². The third-order valence-electron chi connectivity index (χ3n) is 4.65. The molecule has 5 heteroatoms. The van der Waals surface area contributed by atoms with Crippen molar-refractivity contribution >= 4 is 5.91 Å². The van der Waals surface area contributed by atoms with E-state index in [9.17, 15) is 15.2 Å². The smallest absolute Gasteiger partial charge is 0.273 e. The molecule has 3 atom stereocenters. The Morgan fingerprint density at radius 1 is 1.26 bits per heavy atom. The van der Waals surface area contributed by atoms with Gasteiger partial charge in [0.05, 0.1) is 18.7 Å². The van der Waals surface area contributed by atoms with E-state index in [1.165, 1.54) is 11.1 Å². The zero-order valence-electron chi connectivity index (χ0n) is 15.3. The lowest BCUT2D eigenvalue weighted by atomic mass is 9.75. The molecule has 3 rings (SSSR count). The topological polar surface area (TPSA) is 77.2 Å². The van der Waals surface area contributed by atoms with Gasteiger partial charge in [0.1, 0.15) is 11.7 Å². The Bertz CT molecular complexity index is 905. The third kappa shape index (κ3) is 3.69. The fourth-order valence-corrected chi connectivity index (χ4v) is 3.32. The molecule has 1 saturated heterocycles. The van der Waals surface area contributed by atoms with E-state index in [-0.39, 0.29) is 24.1 Å². The van der Waals surface area contributed by atoms with Gasteiger partial charge in [-0.2, -0.15) is 5.26 Å². The lowest BCUT2D eigenvalue weighted by Gasteiger charge is -2.51. The summed E-state index contributed by atoms with van der Waals surface area (Å²) in [6.45, 7) is 3.86. The number of nitrogens with zero attached hydrogens (tertiary/aromatic N) is 3. The number of carbonyl (C=O) groups excluding carboxylic acids is 1. The number of aliphatic hydroxyl groups excluding tert-OH is 1. The van der Waals surface area contributed by atoms with Crippen molar-refractivity contribution in [3.63, 3.8) is 0 Å². The minimum Gasteiger partial charge on any atom is -0.394 e. The summed E-state index contributed by atoms with van der Waals surface area (Å²) in [4.78, 5) is 18.2. The molecule has 0 bridgehead atoms. The van der Waals surface area contributed by atoms with Gasteiger partial charge in [0.15, 0.2) is 0 Å². The summed E-state index contributed by atoms with van der Waals surface area (Å²) in [5, 5.41) is 19.5. The molecular formula is C22H21N3O2. The van der Waals surface area contributed by atoms with E-state index in [4.69, 9.17) is 0 Å². The lowest BCUT2D eigenvalue weighted by molar-refractivity contribution is -0.00629. The molecule has 1 amide bonds. The van der Waals surface area contributed by atoms with Crippen LogP contribution in [0.3, 0.4) is 0 Å². The van der Waals surface area contributed by atoms with Gasteiger partial charge in [0.25, 0.3) is 5.91 Å². The molecule has 5 nitrogen and oxygen atoms in total. The molecule has 27 heavy (non-hydrogen) atoms. The largest absolute Gasteiger partial charge is 0.394 e. The average molecular weight is 359 g/mol. The molecule has 0 radical (unpaired) electrons. The van der Waals surface area contributed by atoms with Crippen LogP contribution in [0.4, 0.5) is 0 Å². The highest BCUT2D eigenvalue weighted by Gasteiger charge is 2.52. The summed E-state index contributed by atoms with van der Waals surface area (Å²) in [5.74, 6) is 5.95. The maximum atomic E-state index is 12.7. The van der Waals surface area contributed by atoms with Crippen LogP contribution in [0.5, 0.6) is 0 Å². The number of benzene rings is 1. The lowest BCUT2D eigenvalue weighted by Crippen LogP contribution is -2.65. The molecule has 2 aromatic rings. The summed E-state index contributed by atoms with van der Waals surface area (Å²) in [5.41, 5.74) is 2.09. The Kier molecular flexibility index (Phi) is 5.54. The fourth-order valence-electron chi connectivity index (χ4n) is 3.32.